The van der Waals surface area contributed by atoms with Crippen LogP contribution in [0.1, 0.15) is 28.4 Å². The Morgan fingerprint density at radius 3 is 2.32 bits per heavy atom. The molecule has 0 unspecified atom stereocenters. The van der Waals surface area contributed by atoms with E-state index in [1.165, 1.54) is 13.2 Å². The highest BCUT2D eigenvalue weighted by atomic mass is 16.6. The number of ether oxygens (including phenoxy) is 3. The zero-order valence-electron chi connectivity index (χ0n) is 14.5. The SMILES string of the molecule is CCOc1cc(C(=O)Oc2c(C)cccc2C)c([N+](=O)[O-])cc1OC. The van der Waals surface area contributed by atoms with Gasteiger partial charge in [-0.3, -0.25) is 10.1 Å². The van der Waals surface area contributed by atoms with E-state index in [-0.39, 0.29) is 17.1 Å². The maximum Gasteiger partial charge on any atom is 0.350 e. The fourth-order valence-electron chi connectivity index (χ4n) is 2.40. The van der Waals surface area contributed by atoms with Gasteiger partial charge in [0.25, 0.3) is 5.69 Å². The number of para-hydroxylation sites is 1. The van der Waals surface area contributed by atoms with E-state index in [1.54, 1.807) is 32.9 Å². The topological polar surface area (TPSA) is 87.9 Å². The molecule has 2 aromatic carbocycles. The number of nitrogens with zero attached hydrogens (tertiary/aromatic N) is 1. The van der Waals surface area contributed by atoms with E-state index in [1.807, 2.05) is 6.07 Å². The van der Waals surface area contributed by atoms with Crippen LogP contribution in [0.3, 0.4) is 0 Å². The quantitative estimate of drug-likeness (QED) is 0.342. The van der Waals surface area contributed by atoms with Crippen LogP contribution in [0, 0.1) is 24.0 Å². The Morgan fingerprint density at radius 1 is 1.16 bits per heavy atom. The van der Waals surface area contributed by atoms with Crippen molar-refractivity contribution in [1.29, 1.82) is 0 Å². The van der Waals surface area contributed by atoms with Crippen LogP contribution in [0.25, 0.3) is 0 Å². The summed E-state index contributed by atoms with van der Waals surface area (Å²) in [7, 11) is 1.37. The molecular formula is C18H19NO6. The van der Waals surface area contributed by atoms with Gasteiger partial charge in [0.15, 0.2) is 11.5 Å². The second kappa shape index (κ2) is 7.65. The first kappa shape index (κ1) is 18.3. The summed E-state index contributed by atoms with van der Waals surface area (Å²) in [6.07, 6.45) is 0. The number of nitro benzene ring substituents is 1. The molecule has 0 saturated heterocycles. The van der Waals surface area contributed by atoms with Crippen molar-refractivity contribution in [1.82, 2.24) is 0 Å². The molecule has 0 saturated carbocycles. The zero-order valence-corrected chi connectivity index (χ0v) is 14.5. The van der Waals surface area contributed by atoms with Crippen molar-refractivity contribution in [2.75, 3.05) is 13.7 Å². The number of esters is 1. The highest BCUT2D eigenvalue weighted by Crippen LogP contribution is 2.35. The number of methoxy groups -OCH3 is 1. The third-order valence-corrected chi connectivity index (χ3v) is 3.60. The van der Waals surface area contributed by atoms with Crippen molar-refractivity contribution >= 4 is 11.7 Å². The molecule has 0 spiro atoms. The standard InChI is InChI=1S/C18H19NO6/c1-5-24-16-9-13(14(19(21)22)10-15(16)23-4)18(20)25-17-11(2)7-6-8-12(17)3/h6-10H,5H2,1-4H3. The molecule has 0 fully saturated rings. The molecule has 0 atom stereocenters. The number of hydrogen-bond donors (Lipinski definition) is 0. The summed E-state index contributed by atoms with van der Waals surface area (Å²) >= 11 is 0. The summed E-state index contributed by atoms with van der Waals surface area (Å²) in [5.41, 5.74) is 0.914. The molecule has 0 aliphatic carbocycles. The highest BCUT2D eigenvalue weighted by Gasteiger charge is 2.26. The van der Waals surface area contributed by atoms with Gasteiger partial charge >= 0.3 is 5.97 Å². The van der Waals surface area contributed by atoms with E-state index in [9.17, 15) is 14.9 Å². The maximum absolute atomic E-state index is 12.6. The summed E-state index contributed by atoms with van der Waals surface area (Å²) in [6.45, 7) is 5.67. The summed E-state index contributed by atoms with van der Waals surface area (Å²) in [5, 5.41) is 11.4. The average Bonchev–Trinajstić information content (AvgIpc) is 2.57. The van der Waals surface area contributed by atoms with Crippen LogP contribution in [0.2, 0.25) is 0 Å². The average molecular weight is 345 g/mol. The van der Waals surface area contributed by atoms with Crippen LogP contribution in [0.15, 0.2) is 30.3 Å². The minimum Gasteiger partial charge on any atom is -0.493 e. The first-order valence-corrected chi connectivity index (χ1v) is 7.66. The first-order valence-electron chi connectivity index (χ1n) is 7.66. The van der Waals surface area contributed by atoms with Crippen molar-refractivity contribution in [3.8, 4) is 17.2 Å². The lowest BCUT2D eigenvalue weighted by molar-refractivity contribution is -0.385. The van der Waals surface area contributed by atoms with E-state index in [0.29, 0.717) is 12.4 Å². The van der Waals surface area contributed by atoms with Crippen LogP contribution in [0.4, 0.5) is 5.69 Å². The Labute approximate surface area is 145 Å². The Bertz CT molecular complexity index is 795. The zero-order chi connectivity index (χ0) is 18.6. The van der Waals surface area contributed by atoms with E-state index in [4.69, 9.17) is 14.2 Å². The molecule has 7 nitrogen and oxygen atoms in total. The lowest BCUT2D eigenvalue weighted by atomic mass is 10.1. The molecule has 2 aromatic rings. The lowest BCUT2D eigenvalue weighted by Crippen LogP contribution is -2.13. The number of rotatable bonds is 6. The first-order chi connectivity index (χ1) is 11.9. The second-order valence-electron chi connectivity index (χ2n) is 5.32. The van der Waals surface area contributed by atoms with Crippen LogP contribution >= 0.6 is 0 Å². The van der Waals surface area contributed by atoms with Gasteiger partial charge in [-0.1, -0.05) is 18.2 Å². The van der Waals surface area contributed by atoms with E-state index >= 15 is 0 Å². The minimum atomic E-state index is -0.826. The van der Waals surface area contributed by atoms with Crippen LogP contribution in [-0.2, 0) is 0 Å². The molecule has 0 N–H and O–H groups in total. The molecule has 0 radical (unpaired) electrons. The Balaban J connectivity index is 2.50. The summed E-state index contributed by atoms with van der Waals surface area (Å²) in [6, 6.07) is 7.86. The van der Waals surface area contributed by atoms with Crippen molar-refractivity contribution in [3.05, 3.63) is 57.1 Å². The molecule has 0 bridgehead atoms. The molecule has 0 heterocycles. The van der Waals surface area contributed by atoms with Crippen molar-refractivity contribution < 1.29 is 23.9 Å². The highest BCUT2D eigenvalue weighted by molar-refractivity contribution is 5.96. The van der Waals surface area contributed by atoms with Crippen molar-refractivity contribution in [2.24, 2.45) is 0 Å². The van der Waals surface area contributed by atoms with Gasteiger partial charge in [0.1, 0.15) is 11.3 Å². The van der Waals surface area contributed by atoms with Gasteiger partial charge < -0.3 is 14.2 Å². The second-order valence-corrected chi connectivity index (χ2v) is 5.32. The molecule has 0 aliphatic rings. The fourth-order valence-corrected chi connectivity index (χ4v) is 2.40. The largest absolute Gasteiger partial charge is 0.493 e. The summed E-state index contributed by atoms with van der Waals surface area (Å²) in [5.74, 6) is -0.0236. The predicted octanol–water partition coefficient (Wildman–Crippen LogP) is 3.84. The third-order valence-electron chi connectivity index (χ3n) is 3.60. The summed E-state index contributed by atoms with van der Waals surface area (Å²) < 4.78 is 15.9. The number of benzene rings is 2. The molecule has 132 valence electrons. The van der Waals surface area contributed by atoms with E-state index in [0.717, 1.165) is 17.2 Å². The van der Waals surface area contributed by atoms with Gasteiger partial charge in [-0.05, 0) is 31.9 Å². The van der Waals surface area contributed by atoms with Crippen LogP contribution < -0.4 is 14.2 Å². The Morgan fingerprint density at radius 2 is 1.80 bits per heavy atom. The predicted molar refractivity (Wildman–Crippen MR) is 91.7 cm³/mol. The molecule has 0 aromatic heterocycles. The third kappa shape index (κ3) is 3.88. The Hall–Kier alpha value is -3.09. The molecule has 2 rings (SSSR count). The number of carbonyl (C=O) groups is 1. The van der Waals surface area contributed by atoms with Gasteiger partial charge in [-0.2, -0.15) is 0 Å². The van der Waals surface area contributed by atoms with E-state index in [2.05, 4.69) is 0 Å². The van der Waals surface area contributed by atoms with Crippen molar-refractivity contribution in [2.45, 2.75) is 20.8 Å². The number of nitro groups is 1. The van der Waals surface area contributed by atoms with Gasteiger partial charge in [0, 0.05) is 6.07 Å². The maximum atomic E-state index is 12.6. The van der Waals surface area contributed by atoms with Crippen molar-refractivity contribution in [3.63, 3.8) is 0 Å². The number of carbonyl (C=O) groups excluding carboxylic acids is 1. The molecule has 7 heteroatoms. The van der Waals surface area contributed by atoms with Gasteiger partial charge in [0.05, 0.1) is 24.7 Å². The molecule has 25 heavy (non-hydrogen) atoms. The van der Waals surface area contributed by atoms with Gasteiger partial charge in [-0.15, -0.1) is 0 Å². The van der Waals surface area contributed by atoms with Crippen LogP contribution in [-0.4, -0.2) is 24.6 Å². The van der Waals surface area contributed by atoms with E-state index < -0.39 is 16.6 Å². The van der Waals surface area contributed by atoms with Gasteiger partial charge in [0.2, 0.25) is 0 Å². The molecule has 0 amide bonds. The minimum absolute atomic E-state index is 0.178. The normalized spacial score (nSPS) is 10.2. The lowest BCUT2D eigenvalue weighted by Gasteiger charge is -2.13. The van der Waals surface area contributed by atoms with Crippen LogP contribution in [0.5, 0.6) is 17.2 Å². The molecule has 0 aliphatic heterocycles. The monoisotopic (exact) mass is 345 g/mol. The molecular weight excluding hydrogens is 326 g/mol. The Kier molecular flexibility index (Phi) is 5.59. The fraction of sp³-hybridized carbons (Fsp3) is 0.278. The smallest absolute Gasteiger partial charge is 0.350 e. The summed E-state index contributed by atoms with van der Waals surface area (Å²) in [4.78, 5) is 23.3. The number of hydrogen-bond acceptors (Lipinski definition) is 6. The number of aryl methyl sites for hydroxylation is 2. The van der Waals surface area contributed by atoms with Gasteiger partial charge in [-0.25, -0.2) is 4.79 Å².